The molecule has 3 rings (SSSR count). The first-order valence-corrected chi connectivity index (χ1v) is 12.2. The van der Waals surface area contributed by atoms with Crippen LogP contribution in [0.3, 0.4) is 0 Å². The van der Waals surface area contributed by atoms with Crippen molar-refractivity contribution in [2.75, 3.05) is 24.5 Å². The van der Waals surface area contributed by atoms with E-state index in [1.165, 1.54) is 34.0 Å². The third-order valence-electron chi connectivity index (χ3n) is 5.10. The van der Waals surface area contributed by atoms with E-state index in [1.54, 1.807) is 6.08 Å². The van der Waals surface area contributed by atoms with Crippen LogP contribution in [0.15, 0.2) is 33.6 Å². The maximum atomic E-state index is 12.8. The number of carbonyl (C=O) groups excluding carboxylic acids is 2. The van der Waals surface area contributed by atoms with Crippen LogP contribution in [-0.4, -0.2) is 67.3 Å². The van der Waals surface area contributed by atoms with Crippen molar-refractivity contribution in [3.05, 3.63) is 44.7 Å². The van der Waals surface area contributed by atoms with Crippen molar-refractivity contribution >= 4 is 59.4 Å². The van der Waals surface area contributed by atoms with Gasteiger partial charge in [0, 0.05) is 0 Å². The van der Waals surface area contributed by atoms with Crippen LogP contribution in [0.4, 0.5) is 5.69 Å². The fraction of sp³-hybridized carbons (Fsp3) is 0.381. The fourth-order valence-electron chi connectivity index (χ4n) is 3.36. The quantitative estimate of drug-likeness (QED) is 0.270. The molecule has 7 heteroatoms. The molecule has 0 unspecified atom stereocenters. The van der Waals surface area contributed by atoms with Crippen molar-refractivity contribution in [1.29, 1.82) is 0 Å². The number of hydrogen-bond acceptors (Lipinski definition) is 4. The summed E-state index contributed by atoms with van der Waals surface area (Å²) in [5, 5.41) is 0.299. The van der Waals surface area contributed by atoms with Crippen LogP contribution in [0.1, 0.15) is 31.9 Å². The van der Waals surface area contributed by atoms with Crippen molar-refractivity contribution in [2.24, 2.45) is 0 Å². The topological polar surface area (TPSA) is 43.9 Å². The van der Waals surface area contributed by atoms with Gasteiger partial charge in [0.2, 0.25) is 0 Å². The van der Waals surface area contributed by atoms with Crippen LogP contribution in [0.5, 0.6) is 0 Å². The zero-order valence-electron chi connectivity index (χ0n) is 16.9. The molecule has 2 amide bonds. The molecule has 1 aromatic carbocycles. The number of aryl methyl sites for hydroxylation is 2. The molecular formula is C21H25N3O2STe. The van der Waals surface area contributed by atoms with Gasteiger partial charge in [-0.3, -0.25) is 0 Å². The molecule has 0 atom stereocenters. The minimum atomic E-state index is -0.558. The van der Waals surface area contributed by atoms with Gasteiger partial charge < -0.3 is 0 Å². The van der Waals surface area contributed by atoms with Gasteiger partial charge in [0.05, 0.1) is 0 Å². The summed E-state index contributed by atoms with van der Waals surface area (Å²) in [5.74, 6) is -0.602. The van der Waals surface area contributed by atoms with Crippen LogP contribution >= 0.6 is 12.2 Å². The first kappa shape index (κ1) is 21.0. The monoisotopic (exact) mass is 513 g/mol. The van der Waals surface area contributed by atoms with Crippen LogP contribution in [0.2, 0.25) is 0 Å². The number of thiocarbonyl (C=S) groups is 1. The van der Waals surface area contributed by atoms with Gasteiger partial charge in [-0.15, -0.1) is 0 Å². The molecule has 0 bridgehead atoms. The molecule has 0 radical (unpaired) electrons. The summed E-state index contributed by atoms with van der Waals surface area (Å²) in [5.41, 5.74) is 4.05. The van der Waals surface area contributed by atoms with E-state index in [0.717, 1.165) is 6.54 Å². The first-order chi connectivity index (χ1) is 13.3. The number of amides is 2. The molecule has 5 nitrogen and oxygen atoms in total. The number of likely N-dealkylation sites (N-methyl/N-ethyl adjacent to an activating group) is 2. The summed E-state index contributed by atoms with van der Waals surface area (Å²) in [6, 6.07) is 4.54. The Balaban J connectivity index is 1.98. The van der Waals surface area contributed by atoms with E-state index >= 15 is 0 Å². The molecule has 2 aliphatic heterocycles. The van der Waals surface area contributed by atoms with Crippen LogP contribution < -0.4 is 8.51 Å². The molecule has 0 aromatic heterocycles. The molecule has 2 heterocycles. The number of allylic oxidation sites excluding steroid dienone is 2. The molecule has 1 fully saturated rings. The SMILES string of the molecule is CCN1C(=O)C(=CC=C2[Te]c3cc(C)c(C)cc3N2CC)C(=O)N(CC)C1=S. The molecule has 0 spiro atoms. The van der Waals surface area contributed by atoms with E-state index in [4.69, 9.17) is 12.2 Å². The summed E-state index contributed by atoms with van der Waals surface area (Å²) in [4.78, 5) is 30.9. The number of nitrogens with zero attached hydrogens (tertiary/aromatic N) is 3. The van der Waals surface area contributed by atoms with Crippen molar-refractivity contribution in [3.8, 4) is 0 Å². The molecule has 0 saturated carbocycles. The number of anilines is 1. The zero-order chi connectivity index (χ0) is 20.6. The average molecular weight is 511 g/mol. The molecule has 2 aliphatic rings. The van der Waals surface area contributed by atoms with E-state index in [1.807, 2.05) is 19.9 Å². The third-order valence-corrected chi connectivity index (χ3v) is 8.72. The molecular weight excluding hydrogens is 486 g/mol. The Morgan fingerprint density at radius 1 is 0.893 bits per heavy atom. The Labute approximate surface area is 182 Å². The predicted molar refractivity (Wildman–Crippen MR) is 118 cm³/mol. The van der Waals surface area contributed by atoms with Gasteiger partial charge in [-0.1, -0.05) is 0 Å². The maximum absolute atomic E-state index is 12.8. The summed E-state index contributed by atoms with van der Waals surface area (Å²) in [6.45, 7) is 11.9. The van der Waals surface area contributed by atoms with E-state index in [9.17, 15) is 9.59 Å². The van der Waals surface area contributed by atoms with Crippen LogP contribution in [-0.2, 0) is 9.59 Å². The van der Waals surface area contributed by atoms with Crippen molar-refractivity contribution < 1.29 is 9.59 Å². The number of rotatable bonds is 4. The number of benzene rings is 1. The summed E-state index contributed by atoms with van der Waals surface area (Å²) in [6.07, 6.45) is 3.67. The summed E-state index contributed by atoms with van der Waals surface area (Å²) >= 11 is 4.76. The van der Waals surface area contributed by atoms with Gasteiger partial charge in [-0.2, -0.15) is 0 Å². The second kappa shape index (κ2) is 8.36. The van der Waals surface area contributed by atoms with E-state index in [-0.39, 0.29) is 17.4 Å². The first-order valence-electron chi connectivity index (χ1n) is 9.50. The Hall–Kier alpha value is -1.68. The van der Waals surface area contributed by atoms with Crippen molar-refractivity contribution in [2.45, 2.75) is 34.6 Å². The molecule has 0 N–H and O–H groups in total. The molecule has 1 saturated heterocycles. The number of carbonyl (C=O) groups is 2. The van der Waals surface area contributed by atoms with Gasteiger partial charge in [-0.25, -0.2) is 0 Å². The van der Waals surface area contributed by atoms with E-state index in [0.29, 0.717) is 18.2 Å². The Kier molecular flexibility index (Phi) is 6.28. The second-order valence-electron chi connectivity index (χ2n) is 6.72. The Bertz CT molecular complexity index is 894. The van der Waals surface area contributed by atoms with Gasteiger partial charge >= 0.3 is 183 Å². The van der Waals surface area contributed by atoms with E-state index < -0.39 is 20.9 Å². The Morgan fingerprint density at radius 2 is 1.43 bits per heavy atom. The molecule has 1 aromatic rings. The average Bonchev–Trinajstić information content (AvgIpc) is 2.99. The van der Waals surface area contributed by atoms with E-state index in [2.05, 4.69) is 37.8 Å². The molecule has 0 aliphatic carbocycles. The Morgan fingerprint density at radius 3 is 1.96 bits per heavy atom. The van der Waals surface area contributed by atoms with Gasteiger partial charge in [-0.05, 0) is 0 Å². The second-order valence-corrected chi connectivity index (χ2v) is 10.1. The zero-order valence-corrected chi connectivity index (χ0v) is 20.1. The standard InChI is InChI=1S/C21H25N3O2STe/c1-6-22-16-11-13(4)14(5)12-17(16)28-18(22)10-9-15-19(25)23(7-2)21(27)24(8-3)20(15)26/h9-12H,6-8H2,1-5H3. The van der Waals surface area contributed by atoms with Gasteiger partial charge in [0.1, 0.15) is 0 Å². The summed E-state index contributed by atoms with van der Waals surface area (Å²) < 4.78 is 2.63. The summed E-state index contributed by atoms with van der Waals surface area (Å²) in [7, 11) is 0. The number of hydrogen-bond donors (Lipinski definition) is 0. The fourth-order valence-corrected chi connectivity index (χ4v) is 7.23. The molecule has 28 heavy (non-hydrogen) atoms. The van der Waals surface area contributed by atoms with Gasteiger partial charge in [0.25, 0.3) is 0 Å². The van der Waals surface area contributed by atoms with Crippen molar-refractivity contribution in [3.63, 3.8) is 0 Å². The van der Waals surface area contributed by atoms with Crippen LogP contribution in [0, 0.1) is 13.8 Å². The normalized spacial score (nSPS) is 18.5. The van der Waals surface area contributed by atoms with Gasteiger partial charge in [0.15, 0.2) is 0 Å². The molecule has 148 valence electrons. The number of fused-ring (bicyclic) bond motifs is 1. The minimum absolute atomic E-state index is 0.191. The third kappa shape index (κ3) is 3.52. The van der Waals surface area contributed by atoms with Crippen LogP contribution in [0.25, 0.3) is 0 Å². The predicted octanol–water partition coefficient (Wildman–Crippen LogP) is 2.24. The van der Waals surface area contributed by atoms with Crippen molar-refractivity contribution in [1.82, 2.24) is 9.80 Å².